The molecule has 0 radical (unpaired) electrons. The quantitative estimate of drug-likeness (QED) is 0.790. The fraction of sp³-hybridized carbons (Fsp3) is 0.158. The lowest BCUT2D eigenvalue weighted by Crippen LogP contribution is -2.13. The van der Waals surface area contributed by atoms with Gasteiger partial charge in [-0.1, -0.05) is 12.1 Å². The second-order valence-electron chi connectivity index (χ2n) is 5.72. The van der Waals surface area contributed by atoms with Gasteiger partial charge in [-0.3, -0.25) is 4.79 Å². The Morgan fingerprint density at radius 2 is 1.71 bits per heavy atom. The molecule has 1 aromatic heterocycles. The molecule has 0 aliphatic heterocycles. The Kier molecular flexibility index (Phi) is 4.33. The van der Waals surface area contributed by atoms with E-state index in [1.165, 1.54) is 0 Å². The van der Waals surface area contributed by atoms with E-state index >= 15 is 0 Å². The van der Waals surface area contributed by atoms with Crippen LogP contribution in [0.15, 0.2) is 59.2 Å². The van der Waals surface area contributed by atoms with Gasteiger partial charge < -0.3 is 14.6 Å². The van der Waals surface area contributed by atoms with Crippen molar-refractivity contribution in [2.24, 2.45) is 0 Å². The van der Waals surface area contributed by atoms with E-state index in [0.717, 1.165) is 22.6 Å². The molecule has 3 aromatic rings. The summed E-state index contributed by atoms with van der Waals surface area (Å²) < 4.78 is 5.21. The van der Waals surface area contributed by atoms with Gasteiger partial charge in [-0.05, 0) is 36.4 Å². The second-order valence-corrected chi connectivity index (χ2v) is 5.72. The number of nitrogens with one attached hydrogen (secondary N) is 1. The van der Waals surface area contributed by atoms with Crippen molar-refractivity contribution in [3.63, 3.8) is 0 Å². The average molecular weight is 321 g/mol. The van der Waals surface area contributed by atoms with Crippen LogP contribution >= 0.6 is 0 Å². The van der Waals surface area contributed by atoms with Crippen molar-refractivity contribution in [3.05, 3.63) is 66.2 Å². The Hall–Kier alpha value is -3.08. The summed E-state index contributed by atoms with van der Waals surface area (Å²) in [7, 11) is 3.93. The van der Waals surface area contributed by atoms with Crippen LogP contribution in [-0.4, -0.2) is 25.0 Å². The van der Waals surface area contributed by atoms with Gasteiger partial charge in [0.2, 0.25) is 0 Å². The molecule has 5 heteroatoms. The van der Waals surface area contributed by atoms with Crippen molar-refractivity contribution in [2.75, 3.05) is 24.3 Å². The third-order valence-electron chi connectivity index (χ3n) is 3.70. The molecule has 24 heavy (non-hydrogen) atoms. The number of anilines is 2. The summed E-state index contributed by atoms with van der Waals surface area (Å²) >= 11 is 0. The molecule has 5 nitrogen and oxygen atoms in total. The largest absolute Gasteiger partial charge is 0.449 e. The molecular weight excluding hydrogens is 302 g/mol. The van der Waals surface area contributed by atoms with Crippen molar-refractivity contribution < 1.29 is 9.21 Å². The van der Waals surface area contributed by atoms with Gasteiger partial charge in [0, 0.05) is 43.5 Å². The number of carbonyl (C=O) groups is 1. The standard InChI is InChI=1S/C19H19N3O2/c1-13-20-18(12-24-13)14-4-8-16(9-5-14)21-19(23)15-6-10-17(11-7-15)22(2)3/h4-12H,1-3H3,(H,21,23). The van der Waals surface area contributed by atoms with Gasteiger partial charge in [0.05, 0.1) is 0 Å². The van der Waals surface area contributed by atoms with Gasteiger partial charge in [-0.15, -0.1) is 0 Å². The van der Waals surface area contributed by atoms with Crippen LogP contribution in [0.25, 0.3) is 11.3 Å². The molecule has 0 aliphatic carbocycles. The summed E-state index contributed by atoms with van der Waals surface area (Å²) in [5, 5.41) is 2.89. The SMILES string of the molecule is Cc1nc(-c2ccc(NC(=O)c3ccc(N(C)C)cc3)cc2)co1. The Labute approximate surface area is 140 Å². The molecule has 3 rings (SSSR count). The molecule has 2 aromatic carbocycles. The third-order valence-corrected chi connectivity index (χ3v) is 3.70. The number of oxazole rings is 1. The fourth-order valence-corrected chi connectivity index (χ4v) is 2.33. The highest BCUT2D eigenvalue weighted by molar-refractivity contribution is 6.04. The van der Waals surface area contributed by atoms with E-state index in [2.05, 4.69) is 10.3 Å². The number of aromatic nitrogens is 1. The lowest BCUT2D eigenvalue weighted by atomic mass is 10.1. The number of hydrogen-bond acceptors (Lipinski definition) is 4. The molecule has 1 amide bonds. The van der Waals surface area contributed by atoms with Gasteiger partial charge in [0.1, 0.15) is 12.0 Å². The van der Waals surface area contributed by atoms with Crippen LogP contribution in [0.2, 0.25) is 0 Å². The minimum Gasteiger partial charge on any atom is -0.449 e. The number of aryl methyl sites for hydroxylation is 1. The molecule has 1 N–H and O–H groups in total. The molecule has 0 spiro atoms. The van der Waals surface area contributed by atoms with Crippen molar-refractivity contribution >= 4 is 17.3 Å². The van der Waals surface area contributed by atoms with Crippen molar-refractivity contribution in [1.29, 1.82) is 0 Å². The first-order valence-corrected chi connectivity index (χ1v) is 7.64. The predicted octanol–water partition coefficient (Wildman–Crippen LogP) is 3.97. The summed E-state index contributed by atoms with van der Waals surface area (Å²) in [5.41, 5.74) is 4.14. The number of amides is 1. The molecule has 0 fully saturated rings. The molecule has 0 atom stereocenters. The normalized spacial score (nSPS) is 10.5. The first kappa shape index (κ1) is 15.8. The van der Waals surface area contributed by atoms with Crippen LogP contribution in [0, 0.1) is 6.92 Å². The Bertz CT molecular complexity index is 834. The Balaban J connectivity index is 1.70. The van der Waals surface area contributed by atoms with E-state index in [4.69, 9.17) is 4.42 Å². The van der Waals surface area contributed by atoms with Gasteiger partial charge >= 0.3 is 0 Å². The van der Waals surface area contributed by atoms with Crippen molar-refractivity contribution in [2.45, 2.75) is 6.92 Å². The van der Waals surface area contributed by atoms with E-state index in [0.29, 0.717) is 11.5 Å². The summed E-state index contributed by atoms with van der Waals surface area (Å²) in [6.07, 6.45) is 1.62. The molecule has 0 bridgehead atoms. The van der Waals surface area contributed by atoms with Crippen LogP contribution in [0.3, 0.4) is 0 Å². The minimum atomic E-state index is -0.134. The maximum Gasteiger partial charge on any atom is 0.255 e. The molecule has 122 valence electrons. The van der Waals surface area contributed by atoms with E-state index in [9.17, 15) is 4.79 Å². The Morgan fingerprint density at radius 3 is 2.25 bits per heavy atom. The summed E-state index contributed by atoms with van der Waals surface area (Å²) in [6.45, 7) is 1.81. The summed E-state index contributed by atoms with van der Waals surface area (Å²) in [4.78, 5) is 18.6. The number of benzene rings is 2. The number of hydrogen-bond donors (Lipinski definition) is 1. The van der Waals surface area contributed by atoms with Crippen LogP contribution in [0.4, 0.5) is 11.4 Å². The lowest BCUT2D eigenvalue weighted by Gasteiger charge is -2.12. The summed E-state index contributed by atoms with van der Waals surface area (Å²) in [5.74, 6) is 0.494. The third kappa shape index (κ3) is 3.46. The second kappa shape index (κ2) is 6.58. The van der Waals surface area contributed by atoms with Gasteiger partial charge in [-0.25, -0.2) is 4.98 Å². The van der Waals surface area contributed by atoms with Crippen LogP contribution < -0.4 is 10.2 Å². The minimum absolute atomic E-state index is 0.134. The molecule has 0 saturated heterocycles. The fourth-order valence-electron chi connectivity index (χ4n) is 2.33. The zero-order chi connectivity index (χ0) is 17.1. The first-order valence-electron chi connectivity index (χ1n) is 7.64. The zero-order valence-electron chi connectivity index (χ0n) is 13.9. The van der Waals surface area contributed by atoms with Crippen LogP contribution in [-0.2, 0) is 0 Å². The first-order chi connectivity index (χ1) is 11.5. The highest BCUT2D eigenvalue weighted by Crippen LogP contribution is 2.21. The van der Waals surface area contributed by atoms with E-state index in [1.54, 1.807) is 13.2 Å². The number of nitrogens with zero attached hydrogens (tertiary/aromatic N) is 2. The van der Waals surface area contributed by atoms with E-state index < -0.39 is 0 Å². The average Bonchev–Trinajstić information content (AvgIpc) is 3.02. The maximum atomic E-state index is 12.3. The van der Waals surface area contributed by atoms with Gasteiger partial charge in [-0.2, -0.15) is 0 Å². The van der Waals surface area contributed by atoms with Crippen LogP contribution in [0.5, 0.6) is 0 Å². The highest BCUT2D eigenvalue weighted by Gasteiger charge is 2.08. The zero-order valence-corrected chi connectivity index (χ0v) is 13.9. The van der Waals surface area contributed by atoms with Crippen LogP contribution in [0.1, 0.15) is 16.2 Å². The summed E-state index contributed by atoms with van der Waals surface area (Å²) in [6, 6.07) is 15.0. The number of rotatable bonds is 4. The molecule has 0 aliphatic rings. The van der Waals surface area contributed by atoms with Gasteiger partial charge in [0.15, 0.2) is 5.89 Å². The maximum absolute atomic E-state index is 12.3. The highest BCUT2D eigenvalue weighted by atomic mass is 16.3. The lowest BCUT2D eigenvalue weighted by molar-refractivity contribution is 0.102. The molecule has 1 heterocycles. The molecule has 0 saturated carbocycles. The predicted molar refractivity (Wildman–Crippen MR) is 95.4 cm³/mol. The van der Waals surface area contributed by atoms with E-state index in [-0.39, 0.29) is 5.91 Å². The number of carbonyl (C=O) groups excluding carboxylic acids is 1. The molecule has 0 unspecified atom stereocenters. The monoisotopic (exact) mass is 321 g/mol. The Morgan fingerprint density at radius 1 is 1.04 bits per heavy atom. The van der Waals surface area contributed by atoms with Gasteiger partial charge in [0.25, 0.3) is 5.91 Å². The molecular formula is C19H19N3O2. The van der Waals surface area contributed by atoms with Crippen molar-refractivity contribution in [3.8, 4) is 11.3 Å². The smallest absolute Gasteiger partial charge is 0.255 e. The van der Waals surface area contributed by atoms with E-state index in [1.807, 2.05) is 67.5 Å². The van der Waals surface area contributed by atoms with Crippen molar-refractivity contribution in [1.82, 2.24) is 4.98 Å². The topological polar surface area (TPSA) is 58.4 Å².